The van der Waals surface area contributed by atoms with Crippen molar-refractivity contribution < 1.29 is 9.84 Å². The van der Waals surface area contributed by atoms with Gasteiger partial charge < -0.3 is 9.84 Å². The van der Waals surface area contributed by atoms with Crippen molar-refractivity contribution in [2.24, 2.45) is 0 Å². The van der Waals surface area contributed by atoms with Crippen LogP contribution in [0.15, 0.2) is 24.3 Å². The van der Waals surface area contributed by atoms with Crippen molar-refractivity contribution in [3.8, 4) is 11.5 Å². The molecule has 0 aliphatic heterocycles. The molecule has 12 heavy (non-hydrogen) atoms. The van der Waals surface area contributed by atoms with E-state index >= 15 is 0 Å². The zero-order valence-corrected chi connectivity index (χ0v) is 7.97. The van der Waals surface area contributed by atoms with Gasteiger partial charge in [0.05, 0.1) is 0 Å². The second-order valence-corrected chi connectivity index (χ2v) is 3.55. The zero-order valence-electron chi connectivity index (χ0n) is 7.15. The molecule has 0 aliphatic carbocycles. The third kappa shape index (κ3) is 2.66. The van der Waals surface area contributed by atoms with E-state index in [-0.39, 0.29) is 11.2 Å². The van der Waals surface area contributed by atoms with Crippen molar-refractivity contribution in [2.75, 3.05) is 6.26 Å². The Morgan fingerprint density at radius 1 is 1.33 bits per heavy atom. The molecule has 1 atom stereocenters. The number of rotatable bonds is 3. The summed E-state index contributed by atoms with van der Waals surface area (Å²) >= 11 is 1.64. The zero-order chi connectivity index (χ0) is 8.97. The third-order valence-electron chi connectivity index (χ3n) is 1.47. The molecule has 1 N–H and O–H groups in total. The largest absolute Gasteiger partial charge is 0.508 e. The molecule has 0 bridgehead atoms. The highest BCUT2D eigenvalue weighted by atomic mass is 32.2. The van der Waals surface area contributed by atoms with E-state index in [2.05, 4.69) is 0 Å². The Balaban J connectivity index is 2.58. The van der Waals surface area contributed by atoms with E-state index in [4.69, 9.17) is 9.84 Å². The van der Waals surface area contributed by atoms with E-state index in [1.807, 2.05) is 13.2 Å². The molecule has 3 heteroatoms. The molecule has 1 rings (SSSR count). The lowest BCUT2D eigenvalue weighted by atomic mass is 10.3. The maximum atomic E-state index is 8.99. The average Bonchev–Trinajstić information content (AvgIpc) is 2.09. The van der Waals surface area contributed by atoms with Crippen LogP contribution in [0.25, 0.3) is 0 Å². The molecule has 0 saturated heterocycles. The summed E-state index contributed by atoms with van der Waals surface area (Å²) in [7, 11) is 0. The first-order valence-corrected chi connectivity index (χ1v) is 4.99. The van der Waals surface area contributed by atoms with Gasteiger partial charge in [0.25, 0.3) is 0 Å². The molecule has 0 aliphatic rings. The number of ether oxygens (including phenoxy) is 1. The van der Waals surface area contributed by atoms with Gasteiger partial charge in [-0.2, -0.15) is 0 Å². The molecule has 1 aromatic rings. The summed E-state index contributed by atoms with van der Waals surface area (Å²) in [5.41, 5.74) is 0.148. The standard InChI is InChI=1S/C9H12O2S/c1-7(12-2)11-9-5-3-8(10)4-6-9/h3-7,10H,1-2H3. The van der Waals surface area contributed by atoms with Gasteiger partial charge in [-0.25, -0.2) is 0 Å². The van der Waals surface area contributed by atoms with Crippen molar-refractivity contribution in [3.63, 3.8) is 0 Å². The maximum Gasteiger partial charge on any atom is 0.141 e. The molecule has 2 nitrogen and oxygen atoms in total. The summed E-state index contributed by atoms with van der Waals surface area (Å²) in [5.74, 6) is 1.05. The van der Waals surface area contributed by atoms with Crippen LogP contribution in [0.5, 0.6) is 11.5 Å². The topological polar surface area (TPSA) is 29.5 Å². The van der Waals surface area contributed by atoms with Crippen LogP contribution < -0.4 is 4.74 Å². The Morgan fingerprint density at radius 2 is 1.92 bits per heavy atom. The second-order valence-electron chi connectivity index (χ2n) is 2.42. The average molecular weight is 184 g/mol. The number of hydrogen-bond acceptors (Lipinski definition) is 3. The van der Waals surface area contributed by atoms with Crippen molar-refractivity contribution in [1.29, 1.82) is 0 Å². The van der Waals surface area contributed by atoms with Gasteiger partial charge in [-0.3, -0.25) is 0 Å². The molecule has 0 fully saturated rings. The number of benzene rings is 1. The fourth-order valence-corrected chi connectivity index (χ4v) is 0.972. The summed E-state index contributed by atoms with van der Waals surface area (Å²) in [6.07, 6.45) is 1.99. The lowest BCUT2D eigenvalue weighted by Gasteiger charge is -2.11. The van der Waals surface area contributed by atoms with Gasteiger partial charge in [0, 0.05) is 0 Å². The normalized spacial score (nSPS) is 12.5. The van der Waals surface area contributed by atoms with Crippen LogP contribution in [0.4, 0.5) is 0 Å². The molecule has 0 saturated carbocycles. The summed E-state index contributed by atoms with van der Waals surface area (Å²) in [6, 6.07) is 6.73. The van der Waals surface area contributed by atoms with Crippen LogP contribution in [-0.4, -0.2) is 16.8 Å². The first-order chi connectivity index (χ1) is 5.72. The molecular weight excluding hydrogens is 172 g/mol. The molecule has 0 spiro atoms. The monoisotopic (exact) mass is 184 g/mol. The highest BCUT2D eigenvalue weighted by Gasteiger charge is 2.00. The summed E-state index contributed by atoms with van der Waals surface area (Å²) in [5, 5.41) is 8.99. The van der Waals surface area contributed by atoms with Crippen LogP contribution >= 0.6 is 11.8 Å². The van der Waals surface area contributed by atoms with E-state index < -0.39 is 0 Å². The lowest BCUT2D eigenvalue weighted by molar-refractivity contribution is 0.307. The lowest BCUT2D eigenvalue weighted by Crippen LogP contribution is -2.05. The fraction of sp³-hybridized carbons (Fsp3) is 0.333. The van der Waals surface area contributed by atoms with Gasteiger partial charge in [0.15, 0.2) is 0 Å². The van der Waals surface area contributed by atoms with Gasteiger partial charge in [-0.05, 0) is 37.4 Å². The summed E-state index contributed by atoms with van der Waals surface area (Å²) < 4.78 is 5.47. The minimum atomic E-state index is 0.148. The van der Waals surface area contributed by atoms with Crippen LogP contribution in [0, 0.1) is 0 Å². The molecule has 0 aromatic heterocycles. The summed E-state index contributed by atoms with van der Waals surface area (Å²) in [4.78, 5) is 0. The van der Waals surface area contributed by atoms with Gasteiger partial charge >= 0.3 is 0 Å². The molecule has 0 heterocycles. The third-order valence-corrected chi connectivity index (χ3v) is 2.23. The fourth-order valence-electron chi connectivity index (χ4n) is 0.764. The number of phenols is 1. The highest BCUT2D eigenvalue weighted by Crippen LogP contribution is 2.19. The molecular formula is C9H12O2S. The Hall–Kier alpha value is -0.830. The van der Waals surface area contributed by atoms with E-state index in [1.165, 1.54) is 0 Å². The van der Waals surface area contributed by atoms with Crippen molar-refractivity contribution in [1.82, 2.24) is 0 Å². The predicted molar refractivity (Wildman–Crippen MR) is 51.7 cm³/mol. The summed E-state index contributed by atoms with van der Waals surface area (Å²) in [6.45, 7) is 1.98. The van der Waals surface area contributed by atoms with Crippen LogP contribution in [0.2, 0.25) is 0 Å². The number of aromatic hydroxyl groups is 1. The molecule has 66 valence electrons. The molecule has 0 amide bonds. The highest BCUT2D eigenvalue weighted by molar-refractivity contribution is 7.99. The van der Waals surface area contributed by atoms with Crippen molar-refractivity contribution >= 4 is 11.8 Å². The smallest absolute Gasteiger partial charge is 0.141 e. The van der Waals surface area contributed by atoms with Gasteiger partial charge in [-0.15, -0.1) is 11.8 Å². The Kier molecular flexibility index (Phi) is 3.29. The first kappa shape index (κ1) is 9.26. The number of hydrogen-bond donors (Lipinski definition) is 1. The predicted octanol–water partition coefficient (Wildman–Crippen LogP) is 2.48. The van der Waals surface area contributed by atoms with E-state index in [9.17, 15) is 0 Å². The molecule has 1 aromatic carbocycles. The Labute approximate surface area is 76.6 Å². The Morgan fingerprint density at radius 3 is 2.42 bits per heavy atom. The van der Waals surface area contributed by atoms with Crippen LogP contribution in [0.3, 0.4) is 0 Å². The molecule has 0 radical (unpaired) electrons. The van der Waals surface area contributed by atoms with Gasteiger partial charge in [0.1, 0.15) is 16.9 Å². The van der Waals surface area contributed by atoms with E-state index in [0.29, 0.717) is 0 Å². The maximum absolute atomic E-state index is 8.99. The first-order valence-electron chi connectivity index (χ1n) is 3.71. The van der Waals surface area contributed by atoms with Crippen LogP contribution in [-0.2, 0) is 0 Å². The minimum absolute atomic E-state index is 0.148. The van der Waals surface area contributed by atoms with Gasteiger partial charge in [-0.1, -0.05) is 0 Å². The number of thioether (sulfide) groups is 1. The van der Waals surface area contributed by atoms with E-state index in [1.54, 1.807) is 36.0 Å². The minimum Gasteiger partial charge on any atom is -0.508 e. The van der Waals surface area contributed by atoms with Gasteiger partial charge in [0.2, 0.25) is 0 Å². The quantitative estimate of drug-likeness (QED) is 0.732. The van der Waals surface area contributed by atoms with E-state index in [0.717, 1.165) is 5.75 Å². The van der Waals surface area contributed by atoms with Crippen molar-refractivity contribution in [3.05, 3.63) is 24.3 Å². The molecule has 1 unspecified atom stereocenters. The SMILES string of the molecule is CSC(C)Oc1ccc(O)cc1. The Bertz CT molecular complexity index is 233. The van der Waals surface area contributed by atoms with Crippen molar-refractivity contribution in [2.45, 2.75) is 12.4 Å². The van der Waals surface area contributed by atoms with Crippen LogP contribution in [0.1, 0.15) is 6.92 Å². The second kappa shape index (κ2) is 4.26. The number of phenolic OH excluding ortho intramolecular Hbond substituents is 1.